The van der Waals surface area contributed by atoms with Crippen LogP contribution in [0.25, 0.3) is 0 Å². The molecule has 0 atom stereocenters. The quantitative estimate of drug-likeness (QED) is 0.825. The van der Waals surface area contributed by atoms with Gasteiger partial charge in [-0.2, -0.15) is 0 Å². The first kappa shape index (κ1) is 13.0. The Morgan fingerprint density at radius 1 is 1.53 bits per heavy atom. The second kappa shape index (κ2) is 6.49. The average Bonchev–Trinajstić information content (AvgIpc) is 2.90. The normalized spacial score (nSPS) is 10.9. The molecule has 0 aliphatic rings. The topological polar surface area (TPSA) is 42.7 Å². The van der Waals surface area contributed by atoms with Crippen LogP contribution in [-0.2, 0) is 13.1 Å². The Kier molecular flexibility index (Phi) is 4.97. The van der Waals surface area contributed by atoms with Crippen molar-refractivity contribution in [2.24, 2.45) is 0 Å². The molecule has 0 amide bonds. The molecular weight excluding hydrogens is 324 g/mol. The van der Waals surface area contributed by atoms with E-state index in [4.69, 9.17) is 11.6 Å². The van der Waals surface area contributed by atoms with Gasteiger partial charge in [0.25, 0.3) is 0 Å². The first-order valence-corrected chi connectivity index (χ1v) is 7.23. The van der Waals surface area contributed by atoms with Gasteiger partial charge in [0.05, 0.1) is 6.20 Å². The summed E-state index contributed by atoms with van der Waals surface area (Å²) in [7, 11) is 0. The van der Waals surface area contributed by atoms with E-state index < -0.39 is 0 Å². The summed E-state index contributed by atoms with van der Waals surface area (Å²) in [5.41, 5.74) is 0. The number of halogens is 2. The summed E-state index contributed by atoms with van der Waals surface area (Å²) in [6.07, 6.45) is 4.60. The van der Waals surface area contributed by atoms with Crippen LogP contribution in [0.2, 0.25) is 4.34 Å². The molecule has 0 saturated carbocycles. The Morgan fingerprint density at radius 3 is 3.06 bits per heavy atom. The summed E-state index contributed by atoms with van der Waals surface area (Å²) >= 11 is 11.0. The van der Waals surface area contributed by atoms with Crippen molar-refractivity contribution in [3.05, 3.63) is 32.1 Å². The fraction of sp³-hybridized carbons (Fsp3) is 0.400. The Hall–Kier alpha value is -0.430. The van der Waals surface area contributed by atoms with Crippen molar-refractivity contribution in [3.8, 4) is 0 Å². The summed E-state index contributed by atoms with van der Waals surface area (Å²) in [4.78, 5) is 1.24. The maximum atomic E-state index is 5.96. The SMILES string of the molecule is Clc1sc(CNCCCn2ccnn2)cc1Br. The highest BCUT2D eigenvalue weighted by Gasteiger charge is 2.03. The van der Waals surface area contributed by atoms with Crippen LogP contribution in [0.3, 0.4) is 0 Å². The van der Waals surface area contributed by atoms with Crippen molar-refractivity contribution >= 4 is 38.9 Å². The number of hydrogen-bond donors (Lipinski definition) is 1. The molecule has 17 heavy (non-hydrogen) atoms. The molecule has 0 aliphatic heterocycles. The third-order valence-electron chi connectivity index (χ3n) is 2.21. The fourth-order valence-electron chi connectivity index (χ4n) is 1.41. The lowest BCUT2D eigenvalue weighted by Gasteiger charge is -2.02. The van der Waals surface area contributed by atoms with E-state index in [0.717, 1.165) is 34.9 Å². The predicted octanol–water partition coefficient (Wildman–Crippen LogP) is 2.94. The van der Waals surface area contributed by atoms with Crippen LogP contribution in [-0.4, -0.2) is 21.5 Å². The van der Waals surface area contributed by atoms with E-state index in [1.165, 1.54) is 4.88 Å². The molecule has 1 N–H and O–H groups in total. The van der Waals surface area contributed by atoms with Crippen molar-refractivity contribution in [1.82, 2.24) is 20.3 Å². The van der Waals surface area contributed by atoms with E-state index in [1.807, 2.05) is 10.9 Å². The van der Waals surface area contributed by atoms with Crippen LogP contribution in [0.15, 0.2) is 22.9 Å². The molecule has 7 heteroatoms. The van der Waals surface area contributed by atoms with Gasteiger partial charge in [-0.1, -0.05) is 16.8 Å². The van der Waals surface area contributed by atoms with Gasteiger partial charge in [0.15, 0.2) is 0 Å². The van der Waals surface area contributed by atoms with E-state index in [9.17, 15) is 0 Å². The third-order valence-corrected chi connectivity index (χ3v) is 4.68. The highest BCUT2D eigenvalue weighted by atomic mass is 79.9. The highest BCUT2D eigenvalue weighted by molar-refractivity contribution is 9.10. The van der Waals surface area contributed by atoms with Crippen LogP contribution >= 0.6 is 38.9 Å². The van der Waals surface area contributed by atoms with Crippen LogP contribution in [0.5, 0.6) is 0 Å². The van der Waals surface area contributed by atoms with Crippen LogP contribution in [0.1, 0.15) is 11.3 Å². The minimum atomic E-state index is 0.810. The smallest absolute Gasteiger partial charge is 0.107 e. The van der Waals surface area contributed by atoms with Gasteiger partial charge in [0.1, 0.15) is 4.34 Å². The molecule has 0 spiro atoms. The molecule has 2 aromatic rings. The monoisotopic (exact) mass is 334 g/mol. The van der Waals surface area contributed by atoms with Gasteiger partial charge in [0, 0.05) is 28.6 Å². The lowest BCUT2D eigenvalue weighted by atomic mass is 10.4. The largest absolute Gasteiger partial charge is 0.312 e. The Morgan fingerprint density at radius 2 is 2.41 bits per heavy atom. The Bertz CT molecular complexity index is 437. The number of nitrogens with zero attached hydrogens (tertiary/aromatic N) is 3. The van der Waals surface area contributed by atoms with Gasteiger partial charge >= 0.3 is 0 Å². The lowest BCUT2D eigenvalue weighted by Crippen LogP contribution is -2.16. The van der Waals surface area contributed by atoms with Gasteiger partial charge in [0.2, 0.25) is 0 Å². The number of aryl methyl sites for hydroxylation is 1. The number of aromatic nitrogens is 3. The summed E-state index contributed by atoms with van der Waals surface area (Å²) in [5.74, 6) is 0. The Labute approximate surface area is 117 Å². The summed E-state index contributed by atoms with van der Waals surface area (Å²) in [5, 5.41) is 11.0. The fourth-order valence-corrected chi connectivity index (χ4v) is 3.17. The lowest BCUT2D eigenvalue weighted by molar-refractivity contribution is 0.531. The molecule has 0 aliphatic carbocycles. The molecule has 4 nitrogen and oxygen atoms in total. The zero-order chi connectivity index (χ0) is 12.1. The van der Waals surface area contributed by atoms with E-state index in [0.29, 0.717) is 0 Å². The zero-order valence-electron chi connectivity index (χ0n) is 9.07. The van der Waals surface area contributed by atoms with Crippen LogP contribution in [0, 0.1) is 0 Å². The maximum absolute atomic E-state index is 5.96. The molecular formula is C10H12BrClN4S. The molecule has 0 saturated heterocycles. The first-order valence-electron chi connectivity index (χ1n) is 5.24. The van der Waals surface area contributed by atoms with Crippen LogP contribution in [0.4, 0.5) is 0 Å². The summed E-state index contributed by atoms with van der Waals surface area (Å²) < 4.78 is 3.62. The van der Waals surface area contributed by atoms with Gasteiger partial charge < -0.3 is 5.32 Å². The van der Waals surface area contributed by atoms with Crippen LogP contribution < -0.4 is 5.32 Å². The van der Waals surface area contributed by atoms with Crippen molar-refractivity contribution in [2.75, 3.05) is 6.54 Å². The van der Waals surface area contributed by atoms with E-state index in [-0.39, 0.29) is 0 Å². The number of thiophene rings is 1. The Balaban J connectivity index is 1.63. The zero-order valence-corrected chi connectivity index (χ0v) is 12.2. The van der Waals surface area contributed by atoms with Crippen molar-refractivity contribution in [1.29, 1.82) is 0 Å². The molecule has 2 rings (SSSR count). The molecule has 0 unspecified atom stereocenters. The molecule has 92 valence electrons. The minimum Gasteiger partial charge on any atom is -0.312 e. The van der Waals surface area contributed by atoms with E-state index in [2.05, 4.69) is 37.6 Å². The number of hydrogen-bond acceptors (Lipinski definition) is 4. The van der Waals surface area contributed by atoms with E-state index in [1.54, 1.807) is 17.5 Å². The average molecular weight is 336 g/mol. The molecule has 2 aromatic heterocycles. The molecule has 0 radical (unpaired) electrons. The molecule has 0 aromatic carbocycles. The van der Waals surface area contributed by atoms with Gasteiger partial charge in [-0.3, -0.25) is 4.68 Å². The van der Waals surface area contributed by atoms with Gasteiger partial charge in [-0.05, 0) is 35.0 Å². The van der Waals surface area contributed by atoms with Gasteiger partial charge in [-0.25, -0.2) is 0 Å². The van der Waals surface area contributed by atoms with Crippen molar-refractivity contribution in [3.63, 3.8) is 0 Å². The summed E-state index contributed by atoms with van der Waals surface area (Å²) in [6, 6.07) is 2.05. The second-order valence-corrected chi connectivity index (χ2v) is 6.12. The predicted molar refractivity (Wildman–Crippen MR) is 73.4 cm³/mol. The highest BCUT2D eigenvalue weighted by Crippen LogP contribution is 2.31. The molecule has 0 fully saturated rings. The molecule has 2 heterocycles. The van der Waals surface area contributed by atoms with Gasteiger partial charge in [-0.15, -0.1) is 16.4 Å². The second-order valence-electron chi connectivity index (χ2n) is 3.53. The van der Waals surface area contributed by atoms with Crippen molar-refractivity contribution < 1.29 is 0 Å². The van der Waals surface area contributed by atoms with Crippen molar-refractivity contribution in [2.45, 2.75) is 19.5 Å². The standard InChI is InChI=1S/C10H12BrClN4S/c11-9-6-8(17-10(9)12)7-13-2-1-4-16-5-3-14-15-16/h3,5-6,13H,1-2,4,7H2. The minimum absolute atomic E-state index is 0.810. The number of rotatable bonds is 6. The summed E-state index contributed by atoms with van der Waals surface area (Å²) in [6.45, 7) is 2.70. The third kappa shape index (κ3) is 4.06. The molecule has 0 bridgehead atoms. The van der Waals surface area contributed by atoms with E-state index >= 15 is 0 Å². The number of nitrogens with one attached hydrogen (secondary N) is 1. The maximum Gasteiger partial charge on any atom is 0.107 e. The first-order chi connectivity index (χ1) is 8.25.